The zero-order chi connectivity index (χ0) is 16.5. The number of rotatable bonds is 7. The second-order valence-corrected chi connectivity index (χ2v) is 5.21. The first-order valence-corrected chi connectivity index (χ1v) is 7.74. The van der Waals surface area contributed by atoms with Gasteiger partial charge >= 0.3 is 0 Å². The Morgan fingerprint density at radius 3 is 2.70 bits per heavy atom. The molecule has 0 saturated carbocycles. The predicted octanol–water partition coefficient (Wildman–Crippen LogP) is 3.62. The molecule has 0 fully saturated rings. The lowest BCUT2D eigenvalue weighted by Crippen LogP contribution is -2.24. The molecule has 0 saturated heterocycles. The molecule has 1 aromatic carbocycles. The number of carbonyl (C=O) groups is 1. The molecule has 1 aromatic heterocycles. The third-order valence-corrected chi connectivity index (χ3v) is 3.37. The largest absolute Gasteiger partial charge is 0.352 e. The molecular formula is C18H20N4O. The number of aromatic nitrogens is 1. The molecule has 0 aliphatic heterocycles. The molecule has 118 valence electrons. The van der Waals surface area contributed by atoms with Crippen molar-refractivity contribution < 1.29 is 4.79 Å². The normalized spacial score (nSPS) is 9.91. The van der Waals surface area contributed by atoms with E-state index in [2.05, 4.69) is 28.6 Å². The van der Waals surface area contributed by atoms with Crippen LogP contribution < -0.4 is 10.6 Å². The molecule has 0 unspecified atom stereocenters. The molecule has 1 heterocycles. The first kappa shape index (κ1) is 16.5. The fraction of sp³-hybridized carbons (Fsp3) is 0.278. The molecule has 1 amide bonds. The lowest BCUT2D eigenvalue weighted by molar-refractivity contribution is 0.0953. The van der Waals surface area contributed by atoms with Crippen molar-refractivity contribution in [1.29, 1.82) is 5.26 Å². The van der Waals surface area contributed by atoms with Gasteiger partial charge in [0.25, 0.3) is 5.91 Å². The molecule has 23 heavy (non-hydrogen) atoms. The van der Waals surface area contributed by atoms with E-state index in [4.69, 9.17) is 5.26 Å². The van der Waals surface area contributed by atoms with Gasteiger partial charge < -0.3 is 10.6 Å². The highest BCUT2D eigenvalue weighted by atomic mass is 16.1. The SMILES string of the molecule is CCCCCNC(=O)c1ccnc(Nc2ccc(C#N)cc2)c1. The van der Waals surface area contributed by atoms with Crippen LogP contribution in [0.25, 0.3) is 0 Å². The number of nitriles is 1. The minimum atomic E-state index is -0.0913. The maximum absolute atomic E-state index is 12.1. The molecular weight excluding hydrogens is 288 g/mol. The highest BCUT2D eigenvalue weighted by Gasteiger charge is 2.06. The quantitative estimate of drug-likeness (QED) is 0.766. The highest BCUT2D eigenvalue weighted by molar-refractivity contribution is 5.94. The number of anilines is 2. The average molecular weight is 308 g/mol. The smallest absolute Gasteiger partial charge is 0.251 e. The second-order valence-electron chi connectivity index (χ2n) is 5.21. The summed E-state index contributed by atoms with van der Waals surface area (Å²) in [5.74, 6) is 0.502. The third-order valence-electron chi connectivity index (χ3n) is 3.37. The third kappa shape index (κ3) is 5.11. The van der Waals surface area contributed by atoms with Crippen LogP contribution in [-0.2, 0) is 0 Å². The highest BCUT2D eigenvalue weighted by Crippen LogP contribution is 2.16. The van der Waals surface area contributed by atoms with E-state index in [0.29, 0.717) is 23.5 Å². The van der Waals surface area contributed by atoms with Crippen LogP contribution in [0.5, 0.6) is 0 Å². The number of hydrogen-bond acceptors (Lipinski definition) is 4. The number of nitrogens with zero attached hydrogens (tertiary/aromatic N) is 2. The molecule has 0 atom stereocenters. The number of amides is 1. The van der Waals surface area contributed by atoms with Crippen molar-refractivity contribution in [3.8, 4) is 6.07 Å². The van der Waals surface area contributed by atoms with Gasteiger partial charge in [0, 0.05) is 24.0 Å². The van der Waals surface area contributed by atoms with Crippen LogP contribution in [0.15, 0.2) is 42.6 Å². The Hall–Kier alpha value is -2.87. The lowest BCUT2D eigenvalue weighted by atomic mass is 10.2. The van der Waals surface area contributed by atoms with Gasteiger partial charge in [-0.2, -0.15) is 5.26 Å². The van der Waals surface area contributed by atoms with Crippen LogP contribution in [0.2, 0.25) is 0 Å². The zero-order valence-electron chi connectivity index (χ0n) is 13.2. The van der Waals surface area contributed by atoms with Crippen molar-refractivity contribution in [2.24, 2.45) is 0 Å². The van der Waals surface area contributed by atoms with E-state index in [-0.39, 0.29) is 5.91 Å². The van der Waals surface area contributed by atoms with Crippen molar-refractivity contribution in [3.63, 3.8) is 0 Å². The first-order chi connectivity index (χ1) is 11.2. The van der Waals surface area contributed by atoms with Crippen LogP contribution in [0.4, 0.5) is 11.5 Å². The Morgan fingerprint density at radius 1 is 1.22 bits per heavy atom. The summed E-state index contributed by atoms with van der Waals surface area (Å²) in [5, 5.41) is 14.8. The van der Waals surface area contributed by atoms with Crippen molar-refractivity contribution in [2.75, 3.05) is 11.9 Å². The summed E-state index contributed by atoms with van der Waals surface area (Å²) in [6.07, 6.45) is 4.84. The Morgan fingerprint density at radius 2 is 2.00 bits per heavy atom. The zero-order valence-corrected chi connectivity index (χ0v) is 13.2. The van der Waals surface area contributed by atoms with Crippen molar-refractivity contribution >= 4 is 17.4 Å². The van der Waals surface area contributed by atoms with Crippen LogP contribution >= 0.6 is 0 Å². The standard InChI is InChI=1S/C18H20N4O/c1-2-3-4-10-21-18(23)15-9-11-20-17(12-15)22-16-7-5-14(13-19)6-8-16/h5-9,11-12H,2-4,10H2,1H3,(H,20,22)(H,21,23). The molecule has 0 radical (unpaired) electrons. The lowest BCUT2D eigenvalue weighted by Gasteiger charge is -2.08. The van der Waals surface area contributed by atoms with Crippen molar-refractivity contribution in [1.82, 2.24) is 10.3 Å². The topological polar surface area (TPSA) is 77.8 Å². The molecule has 2 N–H and O–H groups in total. The minimum Gasteiger partial charge on any atom is -0.352 e. The van der Waals surface area contributed by atoms with Crippen molar-refractivity contribution in [3.05, 3.63) is 53.7 Å². The Labute approximate surface area is 136 Å². The summed E-state index contributed by atoms with van der Waals surface area (Å²) in [5.41, 5.74) is 1.99. The first-order valence-electron chi connectivity index (χ1n) is 7.74. The molecule has 2 rings (SSSR count). The number of pyridine rings is 1. The summed E-state index contributed by atoms with van der Waals surface area (Å²) >= 11 is 0. The summed E-state index contributed by atoms with van der Waals surface area (Å²) in [6.45, 7) is 2.82. The molecule has 0 bridgehead atoms. The van der Waals surface area contributed by atoms with Gasteiger partial charge in [-0.1, -0.05) is 19.8 Å². The van der Waals surface area contributed by atoms with Crippen LogP contribution in [0.3, 0.4) is 0 Å². The molecule has 0 aliphatic carbocycles. The fourth-order valence-corrected chi connectivity index (χ4v) is 2.10. The summed E-state index contributed by atoms with van der Waals surface area (Å²) in [6, 6.07) is 12.5. The molecule has 5 heteroatoms. The number of carbonyl (C=O) groups excluding carboxylic acids is 1. The summed E-state index contributed by atoms with van der Waals surface area (Å²) < 4.78 is 0. The van der Waals surface area contributed by atoms with E-state index < -0.39 is 0 Å². The van der Waals surface area contributed by atoms with E-state index in [0.717, 1.165) is 24.9 Å². The van der Waals surface area contributed by atoms with Gasteiger partial charge in [-0.05, 0) is 42.8 Å². The van der Waals surface area contributed by atoms with E-state index in [1.54, 1.807) is 42.6 Å². The van der Waals surface area contributed by atoms with E-state index >= 15 is 0 Å². The van der Waals surface area contributed by atoms with Crippen LogP contribution in [-0.4, -0.2) is 17.4 Å². The van der Waals surface area contributed by atoms with Gasteiger partial charge in [0.05, 0.1) is 11.6 Å². The maximum atomic E-state index is 12.1. The molecule has 0 aliphatic rings. The maximum Gasteiger partial charge on any atom is 0.251 e. The molecule has 2 aromatic rings. The predicted molar refractivity (Wildman–Crippen MR) is 90.5 cm³/mol. The number of benzene rings is 1. The number of hydrogen-bond donors (Lipinski definition) is 2. The van der Waals surface area contributed by atoms with Gasteiger partial charge in [0.2, 0.25) is 0 Å². The van der Waals surface area contributed by atoms with E-state index in [9.17, 15) is 4.79 Å². The molecule has 0 spiro atoms. The van der Waals surface area contributed by atoms with Crippen LogP contribution in [0, 0.1) is 11.3 Å². The Bertz CT molecular complexity index is 689. The van der Waals surface area contributed by atoms with Crippen molar-refractivity contribution in [2.45, 2.75) is 26.2 Å². The summed E-state index contributed by atoms with van der Waals surface area (Å²) in [4.78, 5) is 16.3. The minimum absolute atomic E-state index is 0.0913. The van der Waals surface area contributed by atoms with Gasteiger partial charge in [-0.15, -0.1) is 0 Å². The Kier molecular flexibility index (Phi) is 6.13. The van der Waals surface area contributed by atoms with E-state index in [1.165, 1.54) is 0 Å². The van der Waals surface area contributed by atoms with Crippen LogP contribution in [0.1, 0.15) is 42.1 Å². The van der Waals surface area contributed by atoms with E-state index in [1.807, 2.05) is 0 Å². The fourth-order valence-electron chi connectivity index (χ4n) is 2.10. The molecule has 5 nitrogen and oxygen atoms in total. The number of unbranched alkanes of at least 4 members (excludes halogenated alkanes) is 2. The van der Waals surface area contributed by atoms with Gasteiger partial charge in [0.1, 0.15) is 5.82 Å². The van der Waals surface area contributed by atoms with Gasteiger partial charge in [-0.25, -0.2) is 4.98 Å². The van der Waals surface area contributed by atoms with Gasteiger partial charge in [0.15, 0.2) is 0 Å². The Balaban J connectivity index is 1.98. The number of nitrogens with one attached hydrogen (secondary N) is 2. The van der Waals surface area contributed by atoms with Gasteiger partial charge in [-0.3, -0.25) is 4.79 Å². The second kappa shape index (κ2) is 8.54. The monoisotopic (exact) mass is 308 g/mol. The summed E-state index contributed by atoms with van der Waals surface area (Å²) in [7, 11) is 0. The average Bonchev–Trinajstić information content (AvgIpc) is 2.59.